The average molecular weight is 276 g/mol. The molecule has 2 rings (SSSR count). The summed E-state index contributed by atoms with van der Waals surface area (Å²) in [6.45, 7) is 6.76. The first-order valence-electron chi connectivity index (χ1n) is 7.90. The molecule has 1 saturated carbocycles. The van der Waals surface area contributed by atoms with Crippen molar-refractivity contribution in [1.29, 1.82) is 0 Å². The van der Waals surface area contributed by atoms with Crippen LogP contribution in [0.1, 0.15) is 51.0 Å². The van der Waals surface area contributed by atoms with Crippen molar-refractivity contribution in [2.24, 2.45) is 11.8 Å². The topological polar surface area (TPSA) is 34.1 Å². The molecule has 2 atom stereocenters. The van der Waals surface area contributed by atoms with Crippen molar-refractivity contribution in [1.82, 2.24) is 10.3 Å². The Morgan fingerprint density at radius 3 is 2.85 bits per heavy atom. The summed E-state index contributed by atoms with van der Waals surface area (Å²) >= 11 is 0. The molecule has 0 radical (unpaired) electrons. The van der Waals surface area contributed by atoms with E-state index in [4.69, 9.17) is 4.74 Å². The van der Waals surface area contributed by atoms with Crippen LogP contribution in [-0.2, 0) is 0 Å². The molecule has 0 saturated heterocycles. The van der Waals surface area contributed by atoms with Crippen molar-refractivity contribution in [3.8, 4) is 5.75 Å². The predicted molar refractivity (Wildman–Crippen MR) is 83.2 cm³/mol. The van der Waals surface area contributed by atoms with Crippen molar-refractivity contribution >= 4 is 0 Å². The van der Waals surface area contributed by atoms with Gasteiger partial charge in [0.15, 0.2) is 0 Å². The Hall–Kier alpha value is -1.09. The minimum Gasteiger partial charge on any atom is -0.495 e. The monoisotopic (exact) mass is 276 g/mol. The predicted octanol–water partition coefficient (Wildman–Crippen LogP) is 3.61. The Morgan fingerprint density at radius 1 is 1.30 bits per heavy atom. The fourth-order valence-electron chi connectivity index (χ4n) is 3.20. The number of nitrogens with one attached hydrogen (secondary N) is 1. The molecule has 20 heavy (non-hydrogen) atoms. The summed E-state index contributed by atoms with van der Waals surface area (Å²) in [4.78, 5) is 4.33. The number of pyridine rings is 1. The molecule has 0 bridgehead atoms. The van der Waals surface area contributed by atoms with Gasteiger partial charge in [-0.05, 0) is 55.3 Å². The highest BCUT2D eigenvalue weighted by molar-refractivity contribution is 5.27. The lowest BCUT2D eigenvalue weighted by Gasteiger charge is -2.32. The van der Waals surface area contributed by atoms with Crippen LogP contribution in [0.3, 0.4) is 0 Å². The molecular weight excluding hydrogens is 248 g/mol. The van der Waals surface area contributed by atoms with Crippen LogP contribution in [0.5, 0.6) is 5.75 Å². The molecule has 1 N–H and O–H groups in total. The number of rotatable bonds is 6. The van der Waals surface area contributed by atoms with Crippen LogP contribution in [-0.4, -0.2) is 25.2 Å². The minimum absolute atomic E-state index is 0.631. The zero-order chi connectivity index (χ0) is 14.4. The van der Waals surface area contributed by atoms with E-state index in [9.17, 15) is 0 Å². The number of nitrogens with zero attached hydrogens (tertiary/aromatic N) is 1. The first kappa shape index (κ1) is 15.3. The maximum absolute atomic E-state index is 5.32. The van der Waals surface area contributed by atoms with Gasteiger partial charge in [0.1, 0.15) is 5.75 Å². The first-order valence-corrected chi connectivity index (χ1v) is 7.90. The highest BCUT2D eigenvalue weighted by Crippen LogP contribution is 2.38. The molecule has 0 spiro atoms. The molecule has 0 aliphatic heterocycles. The maximum Gasteiger partial charge on any atom is 0.137 e. The highest BCUT2D eigenvalue weighted by atomic mass is 16.5. The van der Waals surface area contributed by atoms with E-state index < -0.39 is 0 Å². The summed E-state index contributed by atoms with van der Waals surface area (Å²) < 4.78 is 5.32. The smallest absolute Gasteiger partial charge is 0.137 e. The molecule has 1 fully saturated rings. The van der Waals surface area contributed by atoms with E-state index in [0.29, 0.717) is 5.92 Å². The van der Waals surface area contributed by atoms with E-state index in [1.54, 1.807) is 13.3 Å². The Kier molecular flexibility index (Phi) is 5.84. The number of hydrogen-bond donors (Lipinski definition) is 1. The molecule has 112 valence electrons. The van der Waals surface area contributed by atoms with E-state index in [1.807, 2.05) is 6.20 Å². The minimum atomic E-state index is 0.631. The highest BCUT2D eigenvalue weighted by Gasteiger charge is 2.26. The number of ether oxygens (including phenoxy) is 1. The first-order chi connectivity index (χ1) is 9.70. The number of aromatic nitrogens is 1. The van der Waals surface area contributed by atoms with E-state index >= 15 is 0 Å². The van der Waals surface area contributed by atoms with Crippen LogP contribution in [0.2, 0.25) is 0 Å². The van der Waals surface area contributed by atoms with E-state index in [-0.39, 0.29) is 0 Å². The molecule has 2 unspecified atom stereocenters. The summed E-state index contributed by atoms with van der Waals surface area (Å²) in [7, 11) is 1.71. The second-order valence-corrected chi connectivity index (χ2v) is 6.36. The molecule has 1 heterocycles. The van der Waals surface area contributed by atoms with Crippen molar-refractivity contribution < 1.29 is 4.74 Å². The van der Waals surface area contributed by atoms with Gasteiger partial charge in [-0.25, -0.2) is 0 Å². The van der Waals surface area contributed by atoms with Gasteiger partial charge in [-0.2, -0.15) is 0 Å². The zero-order valence-corrected chi connectivity index (χ0v) is 13.1. The SMILES string of the molecule is COc1cncc(C2CCCCC2CNCC(C)C)c1. The van der Waals surface area contributed by atoms with E-state index in [1.165, 1.54) is 31.2 Å². The van der Waals surface area contributed by atoms with Crippen LogP contribution in [0.4, 0.5) is 0 Å². The lowest BCUT2D eigenvalue weighted by molar-refractivity contribution is 0.291. The Labute approximate surface area is 123 Å². The molecular formula is C17H28N2O. The van der Waals surface area contributed by atoms with E-state index in [0.717, 1.165) is 30.7 Å². The third-order valence-electron chi connectivity index (χ3n) is 4.27. The molecule has 1 aliphatic rings. The van der Waals surface area contributed by atoms with Crippen molar-refractivity contribution in [3.63, 3.8) is 0 Å². The van der Waals surface area contributed by atoms with Gasteiger partial charge in [0.2, 0.25) is 0 Å². The summed E-state index contributed by atoms with van der Waals surface area (Å²) in [6, 6.07) is 2.17. The number of hydrogen-bond acceptors (Lipinski definition) is 3. The van der Waals surface area contributed by atoms with Gasteiger partial charge in [-0.3, -0.25) is 4.98 Å². The lowest BCUT2D eigenvalue weighted by Crippen LogP contribution is -2.31. The van der Waals surface area contributed by atoms with Crippen LogP contribution < -0.4 is 10.1 Å². The fourth-order valence-corrected chi connectivity index (χ4v) is 3.20. The second-order valence-electron chi connectivity index (χ2n) is 6.36. The molecule has 3 heteroatoms. The summed E-state index contributed by atoms with van der Waals surface area (Å²) in [5.74, 6) is 2.96. The second kappa shape index (κ2) is 7.63. The van der Waals surface area contributed by atoms with Gasteiger partial charge in [0.05, 0.1) is 13.3 Å². The van der Waals surface area contributed by atoms with Crippen LogP contribution in [0.25, 0.3) is 0 Å². The Morgan fingerprint density at radius 2 is 2.10 bits per heavy atom. The van der Waals surface area contributed by atoms with Crippen LogP contribution >= 0.6 is 0 Å². The molecule has 0 aromatic carbocycles. The van der Waals surface area contributed by atoms with Gasteiger partial charge in [-0.15, -0.1) is 0 Å². The lowest BCUT2D eigenvalue weighted by atomic mass is 9.76. The van der Waals surface area contributed by atoms with Crippen LogP contribution in [0, 0.1) is 11.8 Å². The third kappa shape index (κ3) is 4.20. The van der Waals surface area contributed by atoms with Gasteiger partial charge < -0.3 is 10.1 Å². The quantitative estimate of drug-likeness (QED) is 0.862. The van der Waals surface area contributed by atoms with Crippen molar-refractivity contribution in [2.75, 3.05) is 20.2 Å². The average Bonchev–Trinajstić information content (AvgIpc) is 2.47. The summed E-state index contributed by atoms with van der Waals surface area (Å²) in [6.07, 6.45) is 9.12. The number of methoxy groups -OCH3 is 1. The maximum atomic E-state index is 5.32. The van der Waals surface area contributed by atoms with Crippen molar-refractivity contribution in [2.45, 2.75) is 45.4 Å². The molecule has 1 aromatic heterocycles. The Bertz CT molecular complexity index is 406. The Balaban J connectivity index is 2.01. The largest absolute Gasteiger partial charge is 0.495 e. The standard InChI is InChI=1S/C17H28N2O/c1-13(2)9-18-10-14-6-4-5-7-17(14)15-8-16(20-3)12-19-11-15/h8,11-14,17-18H,4-7,9-10H2,1-3H3. The zero-order valence-electron chi connectivity index (χ0n) is 13.1. The van der Waals surface area contributed by atoms with Crippen LogP contribution in [0.15, 0.2) is 18.5 Å². The molecule has 1 aromatic rings. The third-order valence-corrected chi connectivity index (χ3v) is 4.27. The summed E-state index contributed by atoms with van der Waals surface area (Å²) in [5, 5.41) is 3.63. The molecule has 1 aliphatic carbocycles. The van der Waals surface area contributed by atoms with Gasteiger partial charge >= 0.3 is 0 Å². The van der Waals surface area contributed by atoms with Gasteiger partial charge in [0.25, 0.3) is 0 Å². The van der Waals surface area contributed by atoms with Crippen molar-refractivity contribution in [3.05, 3.63) is 24.0 Å². The van der Waals surface area contributed by atoms with Gasteiger partial charge in [-0.1, -0.05) is 26.7 Å². The molecule has 0 amide bonds. The molecule has 3 nitrogen and oxygen atoms in total. The fraction of sp³-hybridized carbons (Fsp3) is 0.706. The van der Waals surface area contributed by atoms with E-state index in [2.05, 4.69) is 30.2 Å². The normalized spacial score (nSPS) is 23.0. The summed E-state index contributed by atoms with van der Waals surface area (Å²) in [5.41, 5.74) is 1.35. The van der Waals surface area contributed by atoms with Gasteiger partial charge in [0, 0.05) is 6.20 Å².